The summed E-state index contributed by atoms with van der Waals surface area (Å²) in [5.41, 5.74) is 3.37. The van der Waals surface area contributed by atoms with E-state index < -0.39 is 6.04 Å². The van der Waals surface area contributed by atoms with E-state index in [2.05, 4.69) is 12.2 Å². The Labute approximate surface area is 193 Å². The molecule has 1 N–H and O–H groups in total. The fraction of sp³-hybridized carbons (Fsp3) is 0.481. The number of ether oxygens (including phenoxy) is 1. The second-order valence-corrected chi connectivity index (χ2v) is 8.28. The van der Waals surface area contributed by atoms with Crippen LogP contribution in [0, 0.1) is 13.8 Å². The Hall–Kier alpha value is -2.82. The standard InChI is InChI=1S/C27H38N2O3/c1-5-7-18-28-27(31)25(6-2)29(20-23-12-9-8-11-22(23)4)26(30)13-10-19-32-24-16-14-21(3)15-17-24/h8-9,11-12,14-17,25H,5-7,10,13,18-20H2,1-4H3,(H,28,31)/t25-/m1/s1. The summed E-state index contributed by atoms with van der Waals surface area (Å²) in [7, 11) is 0. The maximum Gasteiger partial charge on any atom is 0.242 e. The highest BCUT2D eigenvalue weighted by atomic mass is 16.5. The van der Waals surface area contributed by atoms with Crippen molar-refractivity contribution in [1.82, 2.24) is 10.2 Å². The van der Waals surface area contributed by atoms with E-state index in [9.17, 15) is 9.59 Å². The molecule has 0 aliphatic rings. The molecule has 2 aromatic carbocycles. The highest BCUT2D eigenvalue weighted by molar-refractivity contribution is 5.87. The molecule has 0 aromatic heterocycles. The lowest BCUT2D eigenvalue weighted by atomic mass is 10.1. The third kappa shape index (κ3) is 8.03. The minimum Gasteiger partial charge on any atom is -0.494 e. The van der Waals surface area contributed by atoms with Crippen LogP contribution in [0.25, 0.3) is 0 Å². The van der Waals surface area contributed by atoms with Gasteiger partial charge in [-0.25, -0.2) is 0 Å². The van der Waals surface area contributed by atoms with E-state index in [1.54, 1.807) is 4.90 Å². The predicted octanol–water partition coefficient (Wildman–Crippen LogP) is 5.19. The Morgan fingerprint density at radius 1 is 1.00 bits per heavy atom. The molecular weight excluding hydrogens is 400 g/mol. The van der Waals surface area contributed by atoms with E-state index in [1.165, 1.54) is 5.56 Å². The van der Waals surface area contributed by atoms with Crippen LogP contribution in [0.5, 0.6) is 5.75 Å². The van der Waals surface area contributed by atoms with Gasteiger partial charge in [-0.3, -0.25) is 9.59 Å². The first-order chi connectivity index (χ1) is 15.5. The Kier molecular flexibility index (Phi) is 10.8. The minimum atomic E-state index is -0.475. The first kappa shape index (κ1) is 25.4. The molecule has 0 radical (unpaired) electrons. The predicted molar refractivity (Wildman–Crippen MR) is 130 cm³/mol. The highest BCUT2D eigenvalue weighted by Gasteiger charge is 2.28. The Morgan fingerprint density at radius 3 is 2.38 bits per heavy atom. The molecule has 0 spiro atoms. The SMILES string of the molecule is CCCCNC(=O)[C@@H](CC)N(Cc1ccccc1C)C(=O)CCCOc1ccc(C)cc1. The summed E-state index contributed by atoms with van der Waals surface area (Å²) in [6.45, 7) is 9.67. The number of aryl methyl sites for hydroxylation is 2. The van der Waals surface area contributed by atoms with Crippen molar-refractivity contribution in [1.29, 1.82) is 0 Å². The molecule has 0 aliphatic carbocycles. The van der Waals surface area contributed by atoms with Gasteiger partial charge in [-0.05, 0) is 56.4 Å². The van der Waals surface area contributed by atoms with E-state index in [-0.39, 0.29) is 11.8 Å². The number of carbonyl (C=O) groups excluding carboxylic acids is 2. The van der Waals surface area contributed by atoms with Crippen LogP contribution in [0.4, 0.5) is 0 Å². The molecule has 174 valence electrons. The molecule has 1 atom stereocenters. The van der Waals surface area contributed by atoms with Crippen molar-refractivity contribution in [2.75, 3.05) is 13.2 Å². The van der Waals surface area contributed by atoms with E-state index in [0.29, 0.717) is 39.0 Å². The average Bonchev–Trinajstić information content (AvgIpc) is 2.79. The monoisotopic (exact) mass is 438 g/mol. The van der Waals surface area contributed by atoms with E-state index in [1.807, 2.05) is 69.3 Å². The summed E-state index contributed by atoms with van der Waals surface area (Å²) < 4.78 is 5.78. The zero-order valence-electron chi connectivity index (χ0n) is 20.0. The number of unbranched alkanes of at least 4 members (excludes halogenated alkanes) is 1. The third-order valence-corrected chi connectivity index (χ3v) is 5.64. The van der Waals surface area contributed by atoms with Gasteiger partial charge >= 0.3 is 0 Å². The smallest absolute Gasteiger partial charge is 0.242 e. The lowest BCUT2D eigenvalue weighted by Gasteiger charge is -2.31. The highest BCUT2D eigenvalue weighted by Crippen LogP contribution is 2.17. The van der Waals surface area contributed by atoms with Gasteiger partial charge < -0.3 is 15.0 Å². The molecule has 5 heteroatoms. The molecule has 0 heterocycles. The van der Waals surface area contributed by atoms with Crippen molar-refractivity contribution >= 4 is 11.8 Å². The lowest BCUT2D eigenvalue weighted by Crippen LogP contribution is -2.49. The van der Waals surface area contributed by atoms with Crippen LogP contribution in [0.15, 0.2) is 48.5 Å². The number of rotatable bonds is 13. The van der Waals surface area contributed by atoms with Crippen LogP contribution >= 0.6 is 0 Å². The largest absolute Gasteiger partial charge is 0.494 e. The molecule has 5 nitrogen and oxygen atoms in total. The summed E-state index contributed by atoms with van der Waals surface area (Å²) >= 11 is 0. The second kappa shape index (κ2) is 13.6. The first-order valence-electron chi connectivity index (χ1n) is 11.8. The van der Waals surface area contributed by atoms with Crippen LogP contribution in [0.2, 0.25) is 0 Å². The van der Waals surface area contributed by atoms with Gasteiger partial charge in [-0.2, -0.15) is 0 Å². The van der Waals surface area contributed by atoms with Crippen molar-refractivity contribution in [2.45, 2.75) is 72.4 Å². The maximum absolute atomic E-state index is 13.2. The number of amides is 2. The zero-order valence-corrected chi connectivity index (χ0v) is 20.0. The van der Waals surface area contributed by atoms with E-state index in [0.717, 1.165) is 29.7 Å². The van der Waals surface area contributed by atoms with Crippen molar-refractivity contribution in [3.05, 3.63) is 65.2 Å². The number of nitrogens with zero attached hydrogens (tertiary/aromatic N) is 1. The van der Waals surface area contributed by atoms with Crippen LogP contribution in [0.3, 0.4) is 0 Å². The molecule has 2 amide bonds. The van der Waals surface area contributed by atoms with Gasteiger partial charge in [-0.1, -0.05) is 62.2 Å². The number of hydrogen-bond donors (Lipinski definition) is 1. The van der Waals surface area contributed by atoms with Gasteiger partial charge in [0.1, 0.15) is 11.8 Å². The Morgan fingerprint density at radius 2 is 1.72 bits per heavy atom. The van der Waals surface area contributed by atoms with Crippen molar-refractivity contribution in [2.24, 2.45) is 0 Å². The molecule has 0 bridgehead atoms. The molecule has 0 fully saturated rings. The fourth-order valence-corrected chi connectivity index (χ4v) is 3.59. The molecule has 0 aliphatic heterocycles. The van der Waals surface area contributed by atoms with Gasteiger partial charge in [-0.15, -0.1) is 0 Å². The quantitative estimate of drug-likeness (QED) is 0.438. The molecule has 0 saturated carbocycles. The van der Waals surface area contributed by atoms with Gasteiger partial charge in [0.25, 0.3) is 0 Å². The molecule has 0 unspecified atom stereocenters. The summed E-state index contributed by atoms with van der Waals surface area (Å²) in [5, 5.41) is 3.01. The molecular formula is C27H38N2O3. The zero-order chi connectivity index (χ0) is 23.3. The van der Waals surface area contributed by atoms with E-state index in [4.69, 9.17) is 4.74 Å². The normalized spacial score (nSPS) is 11.6. The number of benzene rings is 2. The summed E-state index contributed by atoms with van der Waals surface area (Å²) in [5.74, 6) is 0.721. The maximum atomic E-state index is 13.2. The second-order valence-electron chi connectivity index (χ2n) is 8.28. The molecule has 2 rings (SSSR count). The summed E-state index contributed by atoms with van der Waals surface area (Å²) in [6.07, 6.45) is 3.48. The molecule has 0 saturated heterocycles. The Balaban J connectivity index is 2.04. The number of hydrogen-bond acceptors (Lipinski definition) is 3. The van der Waals surface area contributed by atoms with Crippen molar-refractivity contribution in [3.8, 4) is 5.75 Å². The minimum absolute atomic E-state index is 0.0155. The lowest BCUT2D eigenvalue weighted by molar-refractivity contribution is -0.141. The fourth-order valence-electron chi connectivity index (χ4n) is 3.59. The van der Waals surface area contributed by atoms with Gasteiger partial charge in [0, 0.05) is 19.5 Å². The van der Waals surface area contributed by atoms with Gasteiger partial charge in [0.15, 0.2) is 0 Å². The molecule has 32 heavy (non-hydrogen) atoms. The van der Waals surface area contributed by atoms with Crippen LogP contribution in [0.1, 0.15) is 62.6 Å². The van der Waals surface area contributed by atoms with Gasteiger partial charge in [0.05, 0.1) is 6.61 Å². The average molecular weight is 439 g/mol. The van der Waals surface area contributed by atoms with Crippen LogP contribution in [-0.2, 0) is 16.1 Å². The van der Waals surface area contributed by atoms with Crippen LogP contribution in [-0.4, -0.2) is 35.9 Å². The number of nitrogens with one attached hydrogen (secondary N) is 1. The summed E-state index contributed by atoms with van der Waals surface area (Å²) in [6, 6.07) is 15.4. The summed E-state index contributed by atoms with van der Waals surface area (Å²) in [4.78, 5) is 27.9. The Bertz CT molecular complexity index is 848. The van der Waals surface area contributed by atoms with Crippen molar-refractivity contribution in [3.63, 3.8) is 0 Å². The van der Waals surface area contributed by atoms with Crippen LogP contribution < -0.4 is 10.1 Å². The molecule has 2 aromatic rings. The van der Waals surface area contributed by atoms with E-state index >= 15 is 0 Å². The first-order valence-corrected chi connectivity index (χ1v) is 11.8. The number of carbonyl (C=O) groups is 2. The topological polar surface area (TPSA) is 58.6 Å². The third-order valence-electron chi connectivity index (χ3n) is 5.64. The van der Waals surface area contributed by atoms with Crippen molar-refractivity contribution < 1.29 is 14.3 Å². The van der Waals surface area contributed by atoms with Gasteiger partial charge in [0.2, 0.25) is 11.8 Å².